The fourth-order valence-electron chi connectivity index (χ4n) is 4.19. The van der Waals surface area contributed by atoms with E-state index in [1.165, 1.54) is 5.56 Å². The highest BCUT2D eigenvalue weighted by Gasteiger charge is 2.16. The van der Waals surface area contributed by atoms with Gasteiger partial charge in [0.2, 0.25) is 0 Å². The number of H-pyrrole nitrogens is 2. The quantitative estimate of drug-likeness (QED) is 0.413. The van der Waals surface area contributed by atoms with Gasteiger partial charge in [-0.25, -0.2) is 9.97 Å². The van der Waals surface area contributed by atoms with Crippen LogP contribution in [-0.2, 0) is 7.05 Å². The molecule has 0 saturated carbocycles. The molecule has 32 heavy (non-hydrogen) atoms. The Kier molecular flexibility index (Phi) is 3.98. The van der Waals surface area contributed by atoms with Gasteiger partial charge in [0.25, 0.3) is 0 Å². The monoisotopic (exact) mass is 419 g/mol. The summed E-state index contributed by atoms with van der Waals surface area (Å²) in [5, 5.41) is 8.80. The van der Waals surface area contributed by atoms with E-state index in [4.69, 9.17) is 4.98 Å². The van der Waals surface area contributed by atoms with Gasteiger partial charge in [0.15, 0.2) is 0 Å². The molecule has 5 aromatic heterocycles. The average Bonchev–Trinajstić information content (AvgIpc) is 3.50. The van der Waals surface area contributed by atoms with Crippen molar-refractivity contribution in [2.45, 2.75) is 13.8 Å². The minimum absolute atomic E-state index is 0.784. The van der Waals surface area contributed by atoms with E-state index in [9.17, 15) is 0 Å². The van der Waals surface area contributed by atoms with Crippen molar-refractivity contribution >= 4 is 21.9 Å². The Morgan fingerprint density at radius 1 is 0.938 bits per heavy atom. The summed E-state index contributed by atoms with van der Waals surface area (Å²) < 4.78 is 2.04. The summed E-state index contributed by atoms with van der Waals surface area (Å²) in [5.41, 5.74) is 9.65. The van der Waals surface area contributed by atoms with E-state index in [1.54, 1.807) is 0 Å². The van der Waals surface area contributed by atoms with Crippen LogP contribution in [0.4, 0.5) is 0 Å². The maximum absolute atomic E-state index is 4.93. The van der Waals surface area contributed by atoms with Crippen molar-refractivity contribution in [2.24, 2.45) is 7.05 Å². The smallest absolute Gasteiger partial charge is 0.135 e. The molecule has 7 heteroatoms. The number of aromatic amines is 2. The molecule has 156 valence electrons. The third kappa shape index (κ3) is 2.82. The van der Waals surface area contributed by atoms with Crippen molar-refractivity contribution in [3.05, 3.63) is 72.4 Å². The molecule has 0 unspecified atom stereocenters. The van der Waals surface area contributed by atoms with E-state index in [0.717, 1.165) is 61.7 Å². The lowest BCUT2D eigenvalue weighted by atomic mass is 10.0. The predicted molar refractivity (Wildman–Crippen MR) is 126 cm³/mol. The molecule has 7 nitrogen and oxygen atoms in total. The summed E-state index contributed by atoms with van der Waals surface area (Å²) in [4.78, 5) is 17.3. The molecule has 0 amide bonds. The normalized spacial score (nSPS) is 11.6. The van der Waals surface area contributed by atoms with Crippen LogP contribution in [0.3, 0.4) is 0 Å². The first-order valence-corrected chi connectivity index (χ1v) is 10.5. The predicted octanol–water partition coefficient (Wildman–Crippen LogP) is 5.19. The van der Waals surface area contributed by atoms with E-state index >= 15 is 0 Å². The molecular formula is C25H21N7. The van der Waals surface area contributed by atoms with E-state index in [1.807, 2.05) is 49.3 Å². The van der Waals surface area contributed by atoms with Gasteiger partial charge in [0, 0.05) is 24.2 Å². The summed E-state index contributed by atoms with van der Waals surface area (Å²) >= 11 is 0. The third-order valence-corrected chi connectivity index (χ3v) is 6.02. The van der Waals surface area contributed by atoms with Gasteiger partial charge in [0.1, 0.15) is 17.0 Å². The van der Waals surface area contributed by atoms with Gasteiger partial charge in [-0.2, -0.15) is 5.10 Å². The van der Waals surface area contributed by atoms with Crippen LogP contribution in [0.5, 0.6) is 0 Å². The number of nitrogens with zero attached hydrogens (tertiary/aromatic N) is 5. The highest BCUT2D eigenvalue weighted by molar-refractivity contribution is 6.00. The Morgan fingerprint density at radius 3 is 2.66 bits per heavy atom. The van der Waals surface area contributed by atoms with E-state index in [-0.39, 0.29) is 0 Å². The standard InChI is InChI=1S/C25H21N7/c1-14-5-4-6-16(9-14)18-11-26-12-22-17(18)10-21(28-22)25-24-20(30-31-25)8-7-19(29-24)23-13-27-15(2)32(23)3/h4-13,28H,1-3H3,(H,30,31). The van der Waals surface area contributed by atoms with Gasteiger partial charge in [-0.05, 0) is 37.6 Å². The van der Waals surface area contributed by atoms with Crippen molar-refractivity contribution in [1.82, 2.24) is 34.7 Å². The van der Waals surface area contributed by atoms with E-state index in [2.05, 4.69) is 62.4 Å². The van der Waals surface area contributed by atoms with Crippen LogP contribution in [0, 0.1) is 13.8 Å². The number of imidazole rings is 1. The van der Waals surface area contributed by atoms with Gasteiger partial charge in [-0.15, -0.1) is 0 Å². The molecule has 2 N–H and O–H groups in total. The second kappa shape index (κ2) is 6.88. The first-order valence-electron chi connectivity index (χ1n) is 10.5. The van der Waals surface area contributed by atoms with Gasteiger partial charge in [-0.3, -0.25) is 10.1 Å². The molecule has 0 fully saturated rings. The van der Waals surface area contributed by atoms with Crippen LogP contribution in [0.15, 0.2) is 61.1 Å². The fraction of sp³-hybridized carbons (Fsp3) is 0.120. The van der Waals surface area contributed by atoms with Crippen LogP contribution in [0.25, 0.3) is 55.8 Å². The molecule has 0 atom stereocenters. The molecule has 0 radical (unpaired) electrons. The number of hydrogen-bond donors (Lipinski definition) is 2. The molecule has 0 saturated heterocycles. The maximum Gasteiger partial charge on any atom is 0.135 e. The van der Waals surface area contributed by atoms with Crippen LogP contribution < -0.4 is 0 Å². The lowest BCUT2D eigenvalue weighted by Gasteiger charge is -2.04. The van der Waals surface area contributed by atoms with Crippen molar-refractivity contribution in [1.29, 1.82) is 0 Å². The topological polar surface area (TPSA) is 88.1 Å². The summed E-state index contributed by atoms with van der Waals surface area (Å²) in [5.74, 6) is 0.945. The van der Waals surface area contributed by atoms with Crippen molar-refractivity contribution in [3.8, 4) is 33.9 Å². The van der Waals surface area contributed by atoms with Crippen molar-refractivity contribution in [2.75, 3.05) is 0 Å². The van der Waals surface area contributed by atoms with Gasteiger partial charge in [-0.1, -0.05) is 29.8 Å². The number of pyridine rings is 2. The summed E-state index contributed by atoms with van der Waals surface area (Å²) in [7, 11) is 2.00. The Labute approximate surface area is 184 Å². The molecule has 0 bridgehead atoms. The molecule has 6 rings (SSSR count). The fourth-order valence-corrected chi connectivity index (χ4v) is 4.19. The molecule has 0 aliphatic carbocycles. The maximum atomic E-state index is 4.93. The SMILES string of the molecule is Cc1cccc(-c2cncc3[nH]c(-c4n[nH]c5ccc(-c6cnc(C)n6C)nc45)cc23)c1. The third-order valence-electron chi connectivity index (χ3n) is 6.02. The highest BCUT2D eigenvalue weighted by atomic mass is 15.1. The molecule has 1 aromatic carbocycles. The van der Waals surface area contributed by atoms with Crippen molar-refractivity contribution < 1.29 is 0 Å². The Balaban J connectivity index is 1.52. The number of aryl methyl sites for hydroxylation is 2. The number of benzene rings is 1. The van der Waals surface area contributed by atoms with Crippen LogP contribution in [0.1, 0.15) is 11.4 Å². The number of nitrogens with one attached hydrogen (secondary N) is 2. The minimum atomic E-state index is 0.784. The van der Waals surface area contributed by atoms with Gasteiger partial charge in [0.05, 0.1) is 40.5 Å². The Bertz CT molecular complexity index is 1620. The first-order chi connectivity index (χ1) is 15.6. The molecule has 0 spiro atoms. The minimum Gasteiger partial charge on any atom is -0.352 e. The average molecular weight is 419 g/mol. The number of aromatic nitrogens is 7. The molecule has 6 aromatic rings. The number of fused-ring (bicyclic) bond motifs is 2. The number of rotatable bonds is 3. The zero-order chi connectivity index (χ0) is 21.8. The molecule has 0 aliphatic rings. The van der Waals surface area contributed by atoms with Crippen LogP contribution >= 0.6 is 0 Å². The summed E-state index contributed by atoms with van der Waals surface area (Å²) in [6, 6.07) is 14.6. The molecule has 5 heterocycles. The second-order valence-corrected chi connectivity index (χ2v) is 8.12. The zero-order valence-electron chi connectivity index (χ0n) is 18.0. The number of hydrogen-bond acceptors (Lipinski definition) is 4. The van der Waals surface area contributed by atoms with Crippen molar-refractivity contribution in [3.63, 3.8) is 0 Å². The lowest BCUT2D eigenvalue weighted by molar-refractivity contribution is 0.862. The van der Waals surface area contributed by atoms with Gasteiger partial charge < -0.3 is 9.55 Å². The Hall–Kier alpha value is -4.26. The van der Waals surface area contributed by atoms with Crippen LogP contribution in [0.2, 0.25) is 0 Å². The highest BCUT2D eigenvalue weighted by Crippen LogP contribution is 2.33. The molecule has 0 aliphatic heterocycles. The molecular weight excluding hydrogens is 398 g/mol. The lowest BCUT2D eigenvalue weighted by Crippen LogP contribution is -1.96. The first kappa shape index (κ1) is 18.5. The largest absolute Gasteiger partial charge is 0.352 e. The van der Waals surface area contributed by atoms with Gasteiger partial charge >= 0.3 is 0 Å². The summed E-state index contributed by atoms with van der Waals surface area (Å²) in [6.07, 6.45) is 5.62. The zero-order valence-corrected chi connectivity index (χ0v) is 18.0. The van der Waals surface area contributed by atoms with E-state index < -0.39 is 0 Å². The van der Waals surface area contributed by atoms with E-state index in [0.29, 0.717) is 0 Å². The van der Waals surface area contributed by atoms with Crippen LogP contribution in [-0.4, -0.2) is 34.7 Å². The summed E-state index contributed by atoms with van der Waals surface area (Å²) in [6.45, 7) is 4.08. The Morgan fingerprint density at radius 2 is 1.84 bits per heavy atom. The second-order valence-electron chi connectivity index (χ2n) is 8.12.